The monoisotopic (exact) mass is 227 g/mol. The van der Waals surface area contributed by atoms with Crippen LogP contribution in [0.1, 0.15) is 25.3 Å². The molecule has 0 aliphatic carbocycles. The summed E-state index contributed by atoms with van der Waals surface area (Å²) < 4.78 is 0. The van der Waals surface area contributed by atoms with E-state index in [4.69, 9.17) is 16.7 Å². The predicted molar refractivity (Wildman–Crippen MR) is 64.4 cm³/mol. The Balaban J connectivity index is 2.27. The molecule has 2 nitrogen and oxygen atoms in total. The molecule has 0 radical (unpaired) electrons. The molecule has 0 aliphatic rings. The lowest BCUT2D eigenvalue weighted by atomic mass is 10.1. The number of rotatable bonds is 6. The zero-order valence-electron chi connectivity index (χ0n) is 9.04. The molecule has 1 aromatic rings. The fourth-order valence-corrected chi connectivity index (χ4v) is 1.55. The van der Waals surface area contributed by atoms with Crippen LogP contribution < -0.4 is 5.32 Å². The van der Waals surface area contributed by atoms with Gasteiger partial charge in [0.1, 0.15) is 5.75 Å². The summed E-state index contributed by atoms with van der Waals surface area (Å²) in [5.74, 6) is 1.04. The third-order valence-corrected chi connectivity index (χ3v) is 2.63. The minimum absolute atomic E-state index is 0.314. The molecule has 0 bridgehead atoms. The van der Waals surface area contributed by atoms with Crippen molar-refractivity contribution in [3.8, 4) is 5.75 Å². The Morgan fingerprint density at radius 2 is 2.00 bits per heavy atom. The maximum absolute atomic E-state index is 9.12. The number of hydrogen-bond acceptors (Lipinski definition) is 2. The van der Waals surface area contributed by atoms with Crippen LogP contribution in [0, 0.1) is 0 Å². The van der Waals surface area contributed by atoms with Crippen molar-refractivity contribution < 1.29 is 5.11 Å². The fourth-order valence-electron chi connectivity index (χ4n) is 1.39. The molecular formula is C12H18ClNO. The molecule has 0 saturated heterocycles. The highest BCUT2D eigenvalue weighted by molar-refractivity contribution is 6.17. The number of phenols is 1. The standard InChI is InChI=1S/C12H18ClNO/c1-10(3-2-8-13)14-9-11-4-6-12(15)7-5-11/h4-7,10,14-15H,2-3,8-9H2,1H3. The number of phenolic OH excluding ortho intramolecular Hbond substituents is 1. The Labute approximate surface area is 96.3 Å². The van der Waals surface area contributed by atoms with E-state index in [2.05, 4.69) is 12.2 Å². The van der Waals surface area contributed by atoms with Crippen LogP contribution >= 0.6 is 11.6 Å². The van der Waals surface area contributed by atoms with E-state index < -0.39 is 0 Å². The summed E-state index contributed by atoms with van der Waals surface area (Å²) in [5, 5.41) is 12.5. The summed E-state index contributed by atoms with van der Waals surface area (Å²) in [6.45, 7) is 3.00. The molecule has 0 spiro atoms. The van der Waals surface area contributed by atoms with Crippen molar-refractivity contribution in [2.24, 2.45) is 0 Å². The van der Waals surface area contributed by atoms with Crippen LogP contribution in [0.2, 0.25) is 0 Å². The van der Waals surface area contributed by atoms with E-state index in [9.17, 15) is 0 Å². The van der Waals surface area contributed by atoms with Gasteiger partial charge in [-0.25, -0.2) is 0 Å². The van der Waals surface area contributed by atoms with Crippen molar-refractivity contribution in [3.63, 3.8) is 0 Å². The summed E-state index contributed by atoms with van der Waals surface area (Å²) in [6, 6.07) is 7.76. The molecule has 2 N–H and O–H groups in total. The van der Waals surface area contributed by atoms with Crippen LogP contribution in [-0.4, -0.2) is 17.0 Å². The van der Waals surface area contributed by atoms with Crippen LogP contribution in [0.4, 0.5) is 0 Å². The predicted octanol–water partition coefficient (Wildman–Crippen LogP) is 2.89. The number of aromatic hydroxyl groups is 1. The molecule has 0 amide bonds. The fraction of sp³-hybridized carbons (Fsp3) is 0.500. The maximum atomic E-state index is 9.12. The lowest BCUT2D eigenvalue weighted by Crippen LogP contribution is -2.25. The normalized spacial score (nSPS) is 12.7. The van der Waals surface area contributed by atoms with E-state index in [1.807, 2.05) is 12.1 Å². The van der Waals surface area contributed by atoms with Gasteiger partial charge in [-0.2, -0.15) is 0 Å². The Morgan fingerprint density at radius 3 is 2.60 bits per heavy atom. The molecule has 3 heteroatoms. The Hall–Kier alpha value is -0.730. The van der Waals surface area contributed by atoms with Crippen molar-refractivity contribution in [3.05, 3.63) is 29.8 Å². The first-order chi connectivity index (χ1) is 7.22. The number of halogens is 1. The molecule has 0 fully saturated rings. The molecular weight excluding hydrogens is 210 g/mol. The van der Waals surface area contributed by atoms with E-state index in [0.717, 1.165) is 25.3 Å². The molecule has 0 aromatic heterocycles. The number of nitrogens with one attached hydrogen (secondary N) is 1. The largest absolute Gasteiger partial charge is 0.508 e. The molecule has 1 unspecified atom stereocenters. The molecule has 1 aromatic carbocycles. The molecule has 1 rings (SSSR count). The van der Waals surface area contributed by atoms with Crippen molar-refractivity contribution in [1.82, 2.24) is 5.32 Å². The average Bonchev–Trinajstić information content (AvgIpc) is 2.25. The molecule has 1 atom stereocenters. The zero-order chi connectivity index (χ0) is 11.1. The van der Waals surface area contributed by atoms with Gasteiger partial charge in [-0.05, 0) is 37.5 Å². The Kier molecular flexibility index (Phi) is 5.51. The van der Waals surface area contributed by atoms with Gasteiger partial charge in [0.2, 0.25) is 0 Å². The highest BCUT2D eigenvalue weighted by atomic mass is 35.5. The maximum Gasteiger partial charge on any atom is 0.115 e. The number of alkyl halides is 1. The Morgan fingerprint density at radius 1 is 1.33 bits per heavy atom. The first kappa shape index (κ1) is 12.3. The van der Waals surface area contributed by atoms with Crippen molar-refractivity contribution in [1.29, 1.82) is 0 Å². The lowest BCUT2D eigenvalue weighted by Gasteiger charge is -2.12. The summed E-state index contributed by atoms with van der Waals surface area (Å²) >= 11 is 5.62. The molecule has 15 heavy (non-hydrogen) atoms. The van der Waals surface area contributed by atoms with Gasteiger partial charge in [0.05, 0.1) is 0 Å². The highest BCUT2D eigenvalue weighted by Crippen LogP contribution is 2.09. The SMILES string of the molecule is CC(CCCCl)NCc1ccc(O)cc1. The summed E-state index contributed by atoms with van der Waals surface area (Å²) in [6.07, 6.45) is 2.15. The second-order valence-electron chi connectivity index (χ2n) is 3.78. The first-order valence-corrected chi connectivity index (χ1v) is 5.83. The van der Waals surface area contributed by atoms with Gasteiger partial charge in [-0.3, -0.25) is 0 Å². The second-order valence-corrected chi connectivity index (χ2v) is 4.16. The third-order valence-electron chi connectivity index (χ3n) is 2.36. The van der Waals surface area contributed by atoms with E-state index in [-0.39, 0.29) is 0 Å². The van der Waals surface area contributed by atoms with Crippen LogP contribution in [0.5, 0.6) is 5.75 Å². The van der Waals surface area contributed by atoms with E-state index in [1.54, 1.807) is 12.1 Å². The lowest BCUT2D eigenvalue weighted by molar-refractivity contribution is 0.474. The number of hydrogen-bond donors (Lipinski definition) is 2. The van der Waals surface area contributed by atoms with Gasteiger partial charge in [-0.15, -0.1) is 11.6 Å². The van der Waals surface area contributed by atoms with Gasteiger partial charge in [0, 0.05) is 18.5 Å². The van der Waals surface area contributed by atoms with Gasteiger partial charge in [0.15, 0.2) is 0 Å². The Bertz CT molecular complexity index is 273. The smallest absolute Gasteiger partial charge is 0.115 e. The van der Waals surface area contributed by atoms with Crippen LogP contribution in [0.15, 0.2) is 24.3 Å². The van der Waals surface area contributed by atoms with Crippen molar-refractivity contribution in [2.45, 2.75) is 32.4 Å². The van der Waals surface area contributed by atoms with Crippen molar-refractivity contribution in [2.75, 3.05) is 5.88 Å². The first-order valence-electron chi connectivity index (χ1n) is 5.29. The molecule has 84 valence electrons. The van der Waals surface area contributed by atoms with Gasteiger partial charge in [-0.1, -0.05) is 12.1 Å². The van der Waals surface area contributed by atoms with Crippen LogP contribution in [0.3, 0.4) is 0 Å². The summed E-state index contributed by atoms with van der Waals surface area (Å²) in [4.78, 5) is 0. The summed E-state index contributed by atoms with van der Waals surface area (Å²) in [5.41, 5.74) is 1.19. The average molecular weight is 228 g/mol. The summed E-state index contributed by atoms with van der Waals surface area (Å²) in [7, 11) is 0. The van der Waals surface area contributed by atoms with Crippen LogP contribution in [-0.2, 0) is 6.54 Å². The molecule has 0 aliphatic heterocycles. The van der Waals surface area contributed by atoms with Gasteiger partial charge < -0.3 is 10.4 Å². The van der Waals surface area contributed by atoms with Crippen LogP contribution in [0.25, 0.3) is 0 Å². The van der Waals surface area contributed by atoms with Crippen molar-refractivity contribution >= 4 is 11.6 Å². The van der Waals surface area contributed by atoms with E-state index in [0.29, 0.717) is 11.8 Å². The van der Waals surface area contributed by atoms with E-state index in [1.165, 1.54) is 5.56 Å². The molecule has 0 heterocycles. The number of benzene rings is 1. The highest BCUT2D eigenvalue weighted by Gasteiger charge is 2.00. The van der Waals surface area contributed by atoms with Gasteiger partial charge in [0.25, 0.3) is 0 Å². The topological polar surface area (TPSA) is 32.3 Å². The second kappa shape index (κ2) is 6.70. The van der Waals surface area contributed by atoms with Gasteiger partial charge >= 0.3 is 0 Å². The van der Waals surface area contributed by atoms with E-state index >= 15 is 0 Å². The molecule has 0 saturated carbocycles. The quantitative estimate of drug-likeness (QED) is 0.733. The minimum atomic E-state index is 0.314. The zero-order valence-corrected chi connectivity index (χ0v) is 9.80. The third kappa shape index (κ3) is 5.05. The minimum Gasteiger partial charge on any atom is -0.508 e.